The van der Waals surface area contributed by atoms with Crippen LogP contribution in [0.15, 0.2) is 76.3 Å². The van der Waals surface area contributed by atoms with E-state index < -0.39 is 17.8 Å². The maximum atomic E-state index is 13.4. The summed E-state index contributed by atoms with van der Waals surface area (Å²) >= 11 is 0. The third-order valence-corrected chi connectivity index (χ3v) is 6.85. The van der Waals surface area contributed by atoms with Crippen molar-refractivity contribution in [3.8, 4) is 5.75 Å². The minimum absolute atomic E-state index is 0.180. The summed E-state index contributed by atoms with van der Waals surface area (Å²) in [6.45, 7) is 5.68. The van der Waals surface area contributed by atoms with Crippen molar-refractivity contribution >= 4 is 28.3 Å². The molecular formula is C30H32N4O5. The summed E-state index contributed by atoms with van der Waals surface area (Å²) in [6.07, 6.45) is 0. The molecule has 0 saturated heterocycles. The van der Waals surface area contributed by atoms with Gasteiger partial charge in [-0.15, -0.1) is 0 Å². The van der Waals surface area contributed by atoms with E-state index in [2.05, 4.69) is 24.1 Å². The van der Waals surface area contributed by atoms with Gasteiger partial charge in [0.05, 0.1) is 24.6 Å². The van der Waals surface area contributed by atoms with Gasteiger partial charge in [-0.25, -0.2) is 4.79 Å². The average molecular weight is 529 g/mol. The highest BCUT2D eigenvalue weighted by atomic mass is 16.5. The number of aromatic nitrogens is 2. The molecule has 0 atom stereocenters. The van der Waals surface area contributed by atoms with Crippen LogP contribution in [0.4, 0.5) is 5.69 Å². The van der Waals surface area contributed by atoms with Gasteiger partial charge in [-0.1, -0.05) is 12.1 Å². The van der Waals surface area contributed by atoms with Crippen LogP contribution in [0.5, 0.6) is 5.75 Å². The van der Waals surface area contributed by atoms with Gasteiger partial charge in [0.25, 0.3) is 11.5 Å². The van der Waals surface area contributed by atoms with Gasteiger partial charge in [0.1, 0.15) is 5.75 Å². The number of hydrogen-bond donors (Lipinski definition) is 1. The lowest BCUT2D eigenvalue weighted by atomic mass is 10.1. The Bertz CT molecular complexity index is 1620. The Morgan fingerprint density at radius 1 is 0.897 bits per heavy atom. The van der Waals surface area contributed by atoms with Gasteiger partial charge in [0, 0.05) is 43.5 Å². The molecule has 0 fully saturated rings. The molecule has 0 aliphatic rings. The third-order valence-electron chi connectivity index (χ3n) is 6.85. The highest BCUT2D eigenvalue weighted by Gasteiger charge is 2.17. The first-order valence-electron chi connectivity index (χ1n) is 12.8. The number of methoxy groups -OCH3 is 1. The Morgan fingerprint density at radius 2 is 1.54 bits per heavy atom. The van der Waals surface area contributed by atoms with Gasteiger partial charge in [0.2, 0.25) is 0 Å². The lowest BCUT2D eigenvalue weighted by molar-refractivity contribution is 0.0947. The number of aryl methyl sites for hydroxylation is 1. The molecule has 1 amide bonds. The number of anilines is 1. The number of nitrogens with zero attached hydrogens (tertiary/aromatic N) is 3. The second-order valence-electron chi connectivity index (χ2n) is 9.14. The smallest absolute Gasteiger partial charge is 0.331 e. The van der Waals surface area contributed by atoms with E-state index in [-0.39, 0.29) is 22.6 Å². The van der Waals surface area contributed by atoms with Crippen LogP contribution >= 0.6 is 0 Å². The Balaban J connectivity index is 1.58. The molecule has 1 aromatic heterocycles. The topological polar surface area (TPSA) is 103 Å². The predicted molar refractivity (Wildman–Crippen MR) is 152 cm³/mol. The minimum atomic E-state index is -0.619. The van der Waals surface area contributed by atoms with Crippen LogP contribution in [0.25, 0.3) is 10.9 Å². The number of ether oxygens (including phenoxy) is 1. The molecule has 39 heavy (non-hydrogen) atoms. The van der Waals surface area contributed by atoms with E-state index in [4.69, 9.17) is 4.74 Å². The van der Waals surface area contributed by atoms with Gasteiger partial charge in [-0.2, -0.15) is 0 Å². The average Bonchev–Trinajstić information content (AvgIpc) is 2.97. The molecule has 1 heterocycles. The summed E-state index contributed by atoms with van der Waals surface area (Å²) in [5.41, 5.74) is 1.72. The van der Waals surface area contributed by atoms with Crippen LogP contribution in [-0.2, 0) is 20.1 Å². The van der Waals surface area contributed by atoms with Gasteiger partial charge in [0.15, 0.2) is 5.78 Å². The van der Waals surface area contributed by atoms with E-state index >= 15 is 0 Å². The van der Waals surface area contributed by atoms with Crippen molar-refractivity contribution in [3.63, 3.8) is 0 Å². The monoisotopic (exact) mass is 528 g/mol. The van der Waals surface area contributed by atoms with Crippen LogP contribution in [0.3, 0.4) is 0 Å². The van der Waals surface area contributed by atoms with Crippen molar-refractivity contribution in [1.29, 1.82) is 0 Å². The first kappa shape index (κ1) is 27.4. The van der Waals surface area contributed by atoms with Crippen molar-refractivity contribution in [1.82, 2.24) is 14.5 Å². The van der Waals surface area contributed by atoms with Crippen LogP contribution in [-0.4, -0.2) is 41.0 Å². The van der Waals surface area contributed by atoms with E-state index in [1.807, 2.05) is 24.3 Å². The van der Waals surface area contributed by atoms with Crippen LogP contribution in [0, 0.1) is 0 Å². The highest BCUT2D eigenvalue weighted by Crippen LogP contribution is 2.16. The number of Topliss-reactive ketones (excluding diaryl/α,β-unsaturated/α-hetero) is 1. The van der Waals surface area contributed by atoms with Crippen LogP contribution in [0.2, 0.25) is 0 Å². The summed E-state index contributed by atoms with van der Waals surface area (Å²) in [4.78, 5) is 54.4. The fraction of sp³-hybridized carbons (Fsp3) is 0.267. The van der Waals surface area contributed by atoms with Crippen molar-refractivity contribution in [3.05, 3.63) is 104 Å². The molecule has 4 aromatic rings. The zero-order chi connectivity index (χ0) is 28.1. The molecule has 0 radical (unpaired) electrons. The molecule has 0 unspecified atom stereocenters. The minimum Gasteiger partial charge on any atom is -0.497 e. The van der Waals surface area contributed by atoms with Crippen molar-refractivity contribution in [2.24, 2.45) is 7.05 Å². The molecule has 1 N–H and O–H groups in total. The summed E-state index contributed by atoms with van der Waals surface area (Å²) in [5.74, 6) is 0.00144. The largest absolute Gasteiger partial charge is 0.497 e. The van der Waals surface area contributed by atoms with Crippen molar-refractivity contribution < 1.29 is 14.3 Å². The molecule has 0 bridgehead atoms. The summed E-state index contributed by atoms with van der Waals surface area (Å²) < 4.78 is 7.38. The van der Waals surface area contributed by atoms with Crippen LogP contribution in [0.1, 0.15) is 40.1 Å². The fourth-order valence-electron chi connectivity index (χ4n) is 4.51. The predicted octanol–water partition coefficient (Wildman–Crippen LogP) is 3.37. The van der Waals surface area contributed by atoms with E-state index in [1.165, 1.54) is 17.7 Å². The van der Waals surface area contributed by atoms with Gasteiger partial charge in [-0.05, 0) is 74.0 Å². The highest BCUT2D eigenvalue weighted by molar-refractivity contribution is 5.98. The molecule has 0 aliphatic heterocycles. The second-order valence-corrected chi connectivity index (χ2v) is 9.14. The molecule has 3 aromatic carbocycles. The van der Waals surface area contributed by atoms with E-state index in [0.29, 0.717) is 17.6 Å². The number of carbonyl (C=O) groups is 2. The van der Waals surface area contributed by atoms with Crippen molar-refractivity contribution in [2.75, 3.05) is 25.1 Å². The SMILES string of the molecule is CCN(CC)c1ccc(C(=O)Cn2c(=O)c3cc(C(=O)NCc4ccc(OC)cc4)ccc3n(C)c2=O)cc1. The van der Waals surface area contributed by atoms with Gasteiger partial charge in [-0.3, -0.25) is 23.5 Å². The van der Waals surface area contributed by atoms with Crippen LogP contribution < -0.4 is 26.2 Å². The van der Waals surface area contributed by atoms with Gasteiger partial charge >= 0.3 is 5.69 Å². The molecule has 9 nitrogen and oxygen atoms in total. The maximum absolute atomic E-state index is 13.4. The number of amides is 1. The molecule has 0 saturated carbocycles. The zero-order valence-corrected chi connectivity index (χ0v) is 22.6. The number of fused-ring (bicyclic) bond motifs is 1. The fourth-order valence-corrected chi connectivity index (χ4v) is 4.51. The van der Waals surface area contributed by atoms with Gasteiger partial charge < -0.3 is 15.0 Å². The van der Waals surface area contributed by atoms with Crippen molar-refractivity contribution in [2.45, 2.75) is 26.9 Å². The molecular weight excluding hydrogens is 496 g/mol. The lowest BCUT2D eigenvalue weighted by Crippen LogP contribution is -2.41. The van der Waals surface area contributed by atoms with E-state index in [1.54, 1.807) is 43.5 Å². The summed E-state index contributed by atoms with van der Waals surface area (Å²) in [5, 5.41) is 3.02. The molecule has 202 valence electrons. The standard InChI is InChI=1S/C30H32N4O5/c1-5-33(6-2)23-12-9-21(10-13-23)27(35)19-34-29(37)25-17-22(11-16-26(25)32(3)30(34)38)28(36)31-18-20-7-14-24(39-4)15-8-20/h7-17H,5-6,18-19H2,1-4H3,(H,31,36). The maximum Gasteiger partial charge on any atom is 0.331 e. The third kappa shape index (κ3) is 5.77. The number of ketones is 1. The Morgan fingerprint density at radius 3 is 2.15 bits per heavy atom. The number of carbonyl (C=O) groups excluding carboxylic acids is 2. The first-order valence-corrected chi connectivity index (χ1v) is 12.8. The normalized spacial score (nSPS) is 10.9. The van der Waals surface area contributed by atoms with E-state index in [9.17, 15) is 19.2 Å². The quantitative estimate of drug-likeness (QED) is 0.317. The summed E-state index contributed by atoms with van der Waals surface area (Å²) in [7, 11) is 3.12. The second kappa shape index (κ2) is 11.8. The zero-order valence-electron chi connectivity index (χ0n) is 22.6. The molecule has 0 spiro atoms. The Kier molecular flexibility index (Phi) is 8.29. The molecule has 4 rings (SSSR count). The first-order chi connectivity index (χ1) is 18.8. The number of nitrogens with one attached hydrogen (secondary N) is 1. The Hall–Kier alpha value is -4.66. The van der Waals surface area contributed by atoms with E-state index in [0.717, 1.165) is 34.7 Å². The molecule has 0 aliphatic carbocycles. The lowest BCUT2D eigenvalue weighted by Gasteiger charge is -2.21. The number of rotatable bonds is 10. The number of benzene rings is 3. The molecule has 9 heteroatoms. The summed E-state index contributed by atoms with van der Waals surface area (Å²) in [6, 6.07) is 19.0. The Labute approximate surface area is 226 Å². The number of hydrogen-bond acceptors (Lipinski definition) is 6.